The fraction of sp³-hybridized carbons (Fsp3) is 0.222. The summed E-state index contributed by atoms with van der Waals surface area (Å²) in [6.45, 7) is 2.73. The lowest BCUT2D eigenvalue weighted by molar-refractivity contribution is 0.340. The molecule has 0 saturated carbocycles. The molecule has 2 aromatic carbocycles. The van der Waals surface area contributed by atoms with Crippen LogP contribution in [0.5, 0.6) is 5.75 Å². The highest BCUT2D eigenvalue weighted by atomic mass is 35.5. The average Bonchev–Trinajstić information content (AvgIpc) is 2.98. The number of hydrogen-bond acceptors (Lipinski definition) is 3. The number of H-pyrrole nitrogens is 1. The molecule has 0 radical (unpaired) electrons. The molecule has 1 heterocycles. The predicted octanol–water partition coefficient (Wildman–Crippen LogP) is 3.74. The Hall–Kier alpha value is -2.02. The quantitative estimate of drug-likeness (QED) is 0.657. The highest BCUT2D eigenvalue weighted by molar-refractivity contribution is 7.89. The summed E-state index contributed by atoms with van der Waals surface area (Å²) in [4.78, 5) is 3.37. The maximum absolute atomic E-state index is 12.4. The van der Waals surface area contributed by atoms with E-state index >= 15 is 0 Å². The zero-order chi connectivity index (χ0) is 17.9. The van der Waals surface area contributed by atoms with Crippen LogP contribution >= 0.6 is 11.6 Å². The number of benzene rings is 2. The van der Waals surface area contributed by atoms with Gasteiger partial charge < -0.3 is 9.72 Å². The molecule has 0 aliphatic rings. The average molecular weight is 379 g/mol. The molecule has 2 N–H and O–H groups in total. The van der Waals surface area contributed by atoms with E-state index in [1.165, 1.54) is 0 Å². The van der Waals surface area contributed by atoms with Gasteiger partial charge in [0.2, 0.25) is 10.0 Å². The number of halogens is 1. The van der Waals surface area contributed by atoms with E-state index in [0.29, 0.717) is 30.3 Å². The third-order valence-electron chi connectivity index (χ3n) is 3.86. The van der Waals surface area contributed by atoms with Gasteiger partial charge in [0.05, 0.1) is 11.5 Å². The van der Waals surface area contributed by atoms with Crippen LogP contribution in [-0.2, 0) is 16.4 Å². The predicted molar refractivity (Wildman–Crippen MR) is 99.8 cm³/mol. The Balaban J connectivity index is 1.65. The molecule has 132 valence electrons. The molecule has 3 aromatic rings. The van der Waals surface area contributed by atoms with Gasteiger partial charge in [0.25, 0.3) is 0 Å². The lowest BCUT2D eigenvalue weighted by Gasteiger charge is -2.08. The number of sulfonamides is 1. The summed E-state index contributed by atoms with van der Waals surface area (Å²) in [6, 6.07) is 12.0. The van der Waals surface area contributed by atoms with Crippen molar-refractivity contribution in [1.82, 2.24) is 9.71 Å². The van der Waals surface area contributed by atoms with Crippen molar-refractivity contribution in [3.63, 3.8) is 0 Å². The van der Waals surface area contributed by atoms with Crippen LogP contribution < -0.4 is 9.46 Å². The summed E-state index contributed by atoms with van der Waals surface area (Å²) in [6.07, 6.45) is 2.46. The Kier molecular flexibility index (Phi) is 5.32. The summed E-state index contributed by atoms with van der Waals surface area (Å²) in [7, 11) is -3.54. The largest absolute Gasteiger partial charge is 0.494 e. The van der Waals surface area contributed by atoms with Crippen LogP contribution in [0.1, 0.15) is 12.5 Å². The zero-order valence-corrected chi connectivity index (χ0v) is 15.3. The molecule has 1 aromatic heterocycles. The first-order valence-electron chi connectivity index (χ1n) is 7.97. The lowest BCUT2D eigenvalue weighted by atomic mass is 10.1. The molecule has 0 atom stereocenters. The Morgan fingerprint density at radius 1 is 1.16 bits per heavy atom. The monoisotopic (exact) mass is 378 g/mol. The van der Waals surface area contributed by atoms with Crippen molar-refractivity contribution >= 4 is 32.5 Å². The van der Waals surface area contributed by atoms with Gasteiger partial charge in [-0.05, 0) is 55.3 Å². The van der Waals surface area contributed by atoms with Gasteiger partial charge in [-0.3, -0.25) is 0 Å². The van der Waals surface area contributed by atoms with Gasteiger partial charge in [-0.25, -0.2) is 13.1 Å². The minimum Gasteiger partial charge on any atom is -0.494 e. The molecule has 0 aliphatic heterocycles. The summed E-state index contributed by atoms with van der Waals surface area (Å²) >= 11 is 5.97. The van der Waals surface area contributed by atoms with Gasteiger partial charge in [-0.15, -0.1) is 0 Å². The Morgan fingerprint density at radius 2 is 1.92 bits per heavy atom. The number of hydrogen-bond donors (Lipinski definition) is 2. The Morgan fingerprint density at radius 3 is 2.64 bits per heavy atom. The molecule has 0 saturated heterocycles. The van der Waals surface area contributed by atoms with Crippen LogP contribution in [0.25, 0.3) is 10.9 Å². The molecular weight excluding hydrogens is 360 g/mol. The molecule has 5 nitrogen and oxygen atoms in total. The standard InChI is InChI=1S/C18H19ClN2O3S/c1-2-24-15-4-6-16(7-5-15)25(22,23)21-10-9-13-12-20-18-11-14(19)3-8-17(13)18/h3-8,11-12,20-21H,2,9-10H2,1H3. The molecule has 7 heteroatoms. The van der Waals surface area contributed by atoms with Crippen LogP contribution in [-0.4, -0.2) is 26.6 Å². The molecule has 0 bridgehead atoms. The third kappa shape index (κ3) is 4.15. The molecule has 0 amide bonds. The van der Waals surface area contributed by atoms with Crippen molar-refractivity contribution in [3.05, 3.63) is 59.2 Å². The van der Waals surface area contributed by atoms with E-state index in [1.54, 1.807) is 24.3 Å². The van der Waals surface area contributed by atoms with Gasteiger partial charge >= 0.3 is 0 Å². The minimum absolute atomic E-state index is 0.224. The van der Waals surface area contributed by atoms with Crippen molar-refractivity contribution < 1.29 is 13.2 Å². The second kappa shape index (κ2) is 7.47. The lowest BCUT2D eigenvalue weighted by Crippen LogP contribution is -2.25. The fourth-order valence-electron chi connectivity index (χ4n) is 2.65. The first-order chi connectivity index (χ1) is 12.0. The summed E-state index contributed by atoms with van der Waals surface area (Å²) < 4.78 is 32.7. The van der Waals surface area contributed by atoms with Gasteiger partial charge in [-0.2, -0.15) is 0 Å². The van der Waals surface area contributed by atoms with E-state index in [0.717, 1.165) is 16.5 Å². The van der Waals surface area contributed by atoms with Crippen molar-refractivity contribution in [3.8, 4) is 5.75 Å². The second-order valence-electron chi connectivity index (χ2n) is 5.56. The van der Waals surface area contributed by atoms with E-state index < -0.39 is 10.0 Å². The van der Waals surface area contributed by atoms with E-state index in [9.17, 15) is 8.42 Å². The van der Waals surface area contributed by atoms with Crippen molar-refractivity contribution in [2.75, 3.05) is 13.2 Å². The van der Waals surface area contributed by atoms with E-state index in [4.69, 9.17) is 16.3 Å². The number of ether oxygens (including phenoxy) is 1. The molecule has 3 rings (SSSR count). The van der Waals surface area contributed by atoms with Crippen LogP contribution in [0.2, 0.25) is 5.02 Å². The van der Waals surface area contributed by atoms with Gasteiger partial charge in [0, 0.05) is 28.7 Å². The highest BCUT2D eigenvalue weighted by Gasteiger charge is 2.14. The van der Waals surface area contributed by atoms with Crippen molar-refractivity contribution in [2.24, 2.45) is 0 Å². The fourth-order valence-corrected chi connectivity index (χ4v) is 3.85. The molecule has 0 fully saturated rings. The maximum Gasteiger partial charge on any atom is 0.240 e. The van der Waals surface area contributed by atoms with E-state index in [-0.39, 0.29) is 4.90 Å². The number of rotatable bonds is 7. The van der Waals surface area contributed by atoms with Gasteiger partial charge in [0.1, 0.15) is 5.75 Å². The first-order valence-corrected chi connectivity index (χ1v) is 9.84. The maximum atomic E-state index is 12.4. The Labute approximate surface area is 152 Å². The molecular formula is C18H19ClN2O3S. The summed E-state index contributed by atoms with van der Waals surface area (Å²) in [5, 5.41) is 1.71. The summed E-state index contributed by atoms with van der Waals surface area (Å²) in [5.41, 5.74) is 1.98. The number of nitrogens with one attached hydrogen (secondary N) is 2. The van der Waals surface area contributed by atoms with Crippen LogP contribution in [0.3, 0.4) is 0 Å². The number of aromatic amines is 1. The Bertz CT molecular complexity index is 966. The van der Waals surface area contributed by atoms with Crippen molar-refractivity contribution in [1.29, 1.82) is 0 Å². The number of fused-ring (bicyclic) bond motifs is 1. The smallest absolute Gasteiger partial charge is 0.240 e. The third-order valence-corrected chi connectivity index (χ3v) is 5.57. The molecule has 0 unspecified atom stereocenters. The van der Waals surface area contributed by atoms with Crippen LogP contribution in [0, 0.1) is 0 Å². The molecule has 25 heavy (non-hydrogen) atoms. The first kappa shape index (κ1) is 17.8. The van der Waals surface area contributed by atoms with Crippen LogP contribution in [0.15, 0.2) is 53.6 Å². The number of aromatic nitrogens is 1. The van der Waals surface area contributed by atoms with Gasteiger partial charge in [0.15, 0.2) is 0 Å². The second-order valence-corrected chi connectivity index (χ2v) is 7.76. The van der Waals surface area contributed by atoms with Crippen molar-refractivity contribution in [2.45, 2.75) is 18.2 Å². The van der Waals surface area contributed by atoms with Crippen LogP contribution in [0.4, 0.5) is 0 Å². The SMILES string of the molecule is CCOc1ccc(S(=O)(=O)NCCc2c[nH]c3cc(Cl)ccc23)cc1. The zero-order valence-electron chi connectivity index (χ0n) is 13.8. The highest BCUT2D eigenvalue weighted by Crippen LogP contribution is 2.22. The van der Waals surface area contributed by atoms with E-state index in [2.05, 4.69) is 9.71 Å². The summed E-state index contributed by atoms with van der Waals surface area (Å²) in [5.74, 6) is 0.652. The van der Waals surface area contributed by atoms with E-state index in [1.807, 2.05) is 31.3 Å². The minimum atomic E-state index is -3.54. The molecule has 0 aliphatic carbocycles. The molecule has 0 spiro atoms. The normalized spacial score (nSPS) is 11.8. The van der Waals surface area contributed by atoms with Gasteiger partial charge in [-0.1, -0.05) is 17.7 Å². The topological polar surface area (TPSA) is 71.2 Å².